The summed E-state index contributed by atoms with van der Waals surface area (Å²) >= 11 is 4.74. The van der Waals surface area contributed by atoms with E-state index < -0.39 is 34.4 Å². The molecule has 0 bridgehead atoms. The Morgan fingerprint density at radius 3 is 2.53 bits per heavy atom. The van der Waals surface area contributed by atoms with Gasteiger partial charge in [0.2, 0.25) is 5.43 Å². The van der Waals surface area contributed by atoms with Crippen molar-refractivity contribution in [2.24, 2.45) is 23.0 Å². The Morgan fingerprint density at radius 1 is 1.24 bits per heavy atom. The van der Waals surface area contributed by atoms with Crippen molar-refractivity contribution in [3.8, 4) is 5.69 Å². The molecule has 1 aliphatic heterocycles. The van der Waals surface area contributed by atoms with E-state index in [4.69, 9.17) is 5.73 Å². The number of fused-ring (bicyclic) bond motifs is 2. The number of hydrogen-bond acceptors (Lipinski definition) is 5. The van der Waals surface area contributed by atoms with Gasteiger partial charge < -0.3 is 15.7 Å². The zero-order valence-electron chi connectivity index (χ0n) is 17.1. The fraction of sp³-hybridized carbons (Fsp3) is 0.286. The number of nitrogens with zero attached hydrogens (tertiary/aromatic N) is 3. The van der Waals surface area contributed by atoms with Gasteiger partial charge >= 0.3 is 55.4 Å². The summed E-state index contributed by atoms with van der Waals surface area (Å²) in [5, 5.41) is 9.09. The number of hydrogen-bond donors (Lipinski definition) is 2. The van der Waals surface area contributed by atoms with E-state index in [0.717, 1.165) is 29.0 Å². The van der Waals surface area contributed by atoms with Gasteiger partial charge in [-0.25, -0.2) is 22.9 Å². The zero-order chi connectivity index (χ0) is 24.5. The van der Waals surface area contributed by atoms with Crippen LogP contribution in [0.2, 0.25) is 0 Å². The van der Waals surface area contributed by atoms with Crippen LogP contribution in [0.1, 0.15) is 10.4 Å². The van der Waals surface area contributed by atoms with Gasteiger partial charge in [-0.1, -0.05) is 0 Å². The van der Waals surface area contributed by atoms with Crippen LogP contribution in [0.3, 0.4) is 0 Å². The SMILES string of the molecule is NC1C2C3CN(c4nc5c(cc4F)c(=O)c(C(=O)O)cn5-c4ccc(F)cc4F)CC132.[I][V][I]. The second-order valence-electron chi connectivity index (χ2n) is 8.52. The van der Waals surface area contributed by atoms with Gasteiger partial charge in [0.05, 0.1) is 11.1 Å². The fourth-order valence-corrected chi connectivity index (χ4v) is 5.33. The van der Waals surface area contributed by atoms with E-state index in [-0.39, 0.29) is 34.0 Å². The average molecular weight is 733 g/mol. The molecular formula is C21H15F3I2N4O3V. The Morgan fingerprint density at radius 2 is 1.94 bits per heavy atom. The Labute approximate surface area is 219 Å². The summed E-state index contributed by atoms with van der Waals surface area (Å²) in [5.41, 5.74) is 4.10. The molecule has 1 spiro atoms. The quantitative estimate of drug-likeness (QED) is 0.399. The number of piperidine rings is 1. The van der Waals surface area contributed by atoms with E-state index in [1.165, 1.54) is 0 Å². The number of pyridine rings is 2. The fourth-order valence-electron chi connectivity index (χ4n) is 5.33. The molecule has 1 saturated heterocycles. The summed E-state index contributed by atoms with van der Waals surface area (Å²) in [7, 11) is 0.628. The van der Waals surface area contributed by atoms with Crippen molar-refractivity contribution in [2.75, 3.05) is 18.0 Å². The molecule has 4 atom stereocenters. The number of rotatable bonds is 3. The third-order valence-electron chi connectivity index (χ3n) is 7.03. The first-order valence-corrected chi connectivity index (χ1v) is 19.0. The summed E-state index contributed by atoms with van der Waals surface area (Å²) in [6, 6.07) is 3.76. The molecule has 3 heterocycles. The number of aromatic carboxylic acids is 1. The van der Waals surface area contributed by atoms with Crippen molar-refractivity contribution in [3.05, 3.63) is 63.7 Å². The maximum atomic E-state index is 15.0. The molecule has 2 aliphatic carbocycles. The molecular weight excluding hydrogens is 718 g/mol. The number of aromatic nitrogens is 2. The predicted molar refractivity (Wildman–Crippen MR) is 132 cm³/mol. The van der Waals surface area contributed by atoms with Gasteiger partial charge in [0.15, 0.2) is 17.3 Å². The van der Waals surface area contributed by atoms with Crippen LogP contribution in [-0.4, -0.2) is 39.8 Å². The summed E-state index contributed by atoms with van der Waals surface area (Å²) in [6.45, 7) is 1.12. The molecule has 7 nitrogen and oxygen atoms in total. The molecule has 0 radical (unpaired) electrons. The molecule has 3 aromatic rings. The Kier molecular flexibility index (Phi) is 6.19. The van der Waals surface area contributed by atoms with E-state index in [9.17, 15) is 27.9 Å². The molecule has 13 heteroatoms. The van der Waals surface area contributed by atoms with Gasteiger partial charge in [-0.3, -0.25) is 9.36 Å². The van der Waals surface area contributed by atoms with Crippen molar-refractivity contribution in [1.82, 2.24) is 9.55 Å². The normalized spacial score (nSPS) is 25.8. The molecule has 6 rings (SSSR count). The van der Waals surface area contributed by atoms with Crippen molar-refractivity contribution in [2.45, 2.75) is 6.04 Å². The Balaban J connectivity index is 0.000000764. The molecule has 3 N–H and O–H groups in total. The summed E-state index contributed by atoms with van der Waals surface area (Å²) in [5.74, 6) is -3.28. The summed E-state index contributed by atoms with van der Waals surface area (Å²) < 4.78 is 43.9. The zero-order valence-corrected chi connectivity index (χ0v) is 22.8. The molecule has 1 aromatic carbocycles. The molecule has 3 fully saturated rings. The molecule has 0 amide bonds. The van der Waals surface area contributed by atoms with Gasteiger partial charge in [0, 0.05) is 36.8 Å². The van der Waals surface area contributed by atoms with Crippen molar-refractivity contribution >= 4 is 62.8 Å². The van der Waals surface area contributed by atoms with E-state index in [0.29, 0.717) is 40.5 Å². The maximum absolute atomic E-state index is 15.0. The van der Waals surface area contributed by atoms with Gasteiger partial charge in [-0.2, -0.15) is 0 Å². The van der Waals surface area contributed by atoms with Gasteiger partial charge in [0.25, 0.3) is 0 Å². The number of benzene rings is 1. The molecule has 2 aromatic heterocycles. The van der Waals surface area contributed by atoms with Crippen LogP contribution in [0.5, 0.6) is 0 Å². The minimum atomic E-state index is -1.56. The number of halogens is 5. The molecule has 177 valence electrons. The minimum absolute atomic E-state index is 0.00864. The van der Waals surface area contributed by atoms with Crippen LogP contribution in [-0.2, 0) is 9.47 Å². The first-order valence-electron chi connectivity index (χ1n) is 10.0. The van der Waals surface area contributed by atoms with E-state index in [1.54, 1.807) is 4.90 Å². The number of carboxylic acids is 1. The van der Waals surface area contributed by atoms with Crippen LogP contribution < -0.4 is 16.1 Å². The van der Waals surface area contributed by atoms with Crippen LogP contribution in [0.15, 0.2) is 35.3 Å². The summed E-state index contributed by atoms with van der Waals surface area (Å²) in [4.78, 5) is 30.3. The first-order chi connectivity index (χ1) is 16.1. The number of nitrogens with two attached hydrogens (primary N) is 1. The second kappa shape index (κ2) is 8.64. The topological polar surface area (TPSA) is 101 Å². The van der Waals surface area contributed by atoms with Crippen molar-refractivity contribution in [1.29, 1.82) is 0 Å². The summed E-state index contributed by atoms with van der Waals surface area (Å²) in [6.07, 6.45) is 0.922. The van der Waals surface area contributed by atoms with Crippen LogP contribution in [0.25, 0.3) is 16.7 Å². The number of carboxylic acid groups (broad SMARTS) is 1. The Bertz CT molecular complexity index is 1420. The predicted octanol–water partition coefficient (Wildman–Crippen LogP) is 3.66. The first kappa shape index (κ1) is 24.3. The van der Waals surface area contributed by atoms with E-state index >= 15 is 0 Å². The standard InChI is InChI=1S/C21H15F3N4O3.2HI.V/c22-8-1-2-14(12(23)3-8)28-5-10(20(30)31)16(29)9-4-13(24)19(26-18(9)28)27-6-11-15-17(25)21(11,15)7-27;;;/h1-5,11,15,17H,6-7,25H2,(H,30,31);2*1H;/q;;;+2/p-2. The van der Waals surface area contributed by atoms with Gasteiger partial charge in [-0.05, 0) is 30.0 Å². The van der Waals surface area contributed by atoms with Crippen LogP contribution in [0, 0.1) is 34.7 Å². The third-order valence-corrected chi connectivity index (χ3v) is 7.03. The average Bonchev–Trinajstić information content (AvgIpc) is 3.55. The van der Waals surface area contributed by atoms with Gasteiger partial charge in [0.1, 0.15) is 17.2 Å². The van der Waals surface area contributed by atoms with E-state index in [2.05, 4.69) is 44.9 Å². The molecule has 2 saturated carbocycles. The van der Waals surface area contributed by atoms with Crippen LogP contribution >= 0.6 is 40.0 Å². The number of anilines is 1. The number of carbonyl (C=O) groups is 1. The van der Waals surface area contributed by atoms with E-state index in [1.807, 2.05) is 0 Å². The molecule has 34 heavy (non-hydrogen) atoms. The molecule has 3 aliphatic rings. The second-order valence-corrected chi connectivity index (χ2v) is 20.3. The van der Waals surface area contributed by atoms with Crippen molar-refractivity contribution < 1.29 is 32.5 Å². The molecule has 4 unspecified atom stereocenters. The Hall–Kier alpha value is -1.36. The van der Waals surface area contributed by atoms with Gasteiger partial charge in [-0.15, -0.1) is 0 Å². The monoisotopic (exact) mass is 733 g/mol. The van der Waals surface area contributed by atoms with Crippen LogP contribution in [0.4, 0.5) is 19.0 Å². The third kappa shape index (κ3) is 3.59. The van der Waals surface area contributed by atoms with Crippen molar-refractivity contribution in [3.63, 3.8) is 0 Å².